The van der Waals surface area contributed by atoms with E-state index in [0.29, 0.717) is 44.0 Å². The lowest BCUT2D eigenvalue weighted by Crippen LogP contribution is -2.52. The maximum absolute atomic E-state index is 13.4. The number of benzene rings is 2. The fourth-order valence-corrected chi connectivity index (χ4v) is 4.89. The third kappa shape index (κ3) is 5.05. The van der Waals surface area contributed by atoms with Crippen molar-refractivity contribution in [1.29, 1.82) is 0 Å². The Bertz CT molecular complexity index is 1140. The highest BCUT2D eigenvalue weighted by Crippen LogP contribution is 2.34. The fourth-order valence-electron chi connectivity index (χ4n) is 4.89. The molecule has 2 saturated heterocycles. The molecule has 3 aliphatic heterocycles. The Balaban J connectivity index is 1.20. The number of nitrogens with one attached hydrogen (secondary N) is 1. The Hall–Kier alpha value is -3.33. The zero-order chi connectivity index (χ0) is 24.6. The second kappa shape index (κ2) is 9.37. The number of nitrogens with zero attached hydrogens (tertiary/aromatic N) is 2. The summed E-state index contributed by atoms with van der Waals surface area (Å²) >= 11 is 0. The van der Waals surface area contributed by atoms with Crippen LogP contribution >= 0.6 is 0 Å². The minimum absolute atomic E-state index is 0.0935. The highest BCUT2D eigenvalue weighted by molar-refractivity contribution is 6.05. The summed E-state index contributed by atoms with van der Waals surface area (Å²) in [5.41, 5.74) is 3.25. The molecule has 0 saturated carbocycles. The number of amides is 3. The van der Waals surface area contributed by atoms with Gasteiger partial charge < -0.3 is 9.64 Å². The van der Waals surface area contributed by atoms with Gasteiger partial charge in [-0.3, -0.25) is 24.6 Å². The summed E-state index contributed by atoms with van der Waals surface area (Å²) in [4.78, 5) is 40.2. The highest BCUT2D eigenvalue weighted by Gasteiger charge is 2.40. The third-order valence-corrected chi connectivity index (χ3v) is 6.95. The zero-order valence-corrected chi connectivity index (χ0v) is 19.3. The minimum atomic E-state index is -2.54. The van der Waals surface area contributed by atoms with Gasteiger partial charge >= 0.3 is 0 Å². The van der Waals surface area contributed by atoms with Crippen LogP contribution in [0, 0.1) is 0 Å². The normalized spacial score (nSPS) is 22.2. The van der Waals surface area contributed by atoms with Crippen LogP contribution in [0.15, 0.2) is 42.5 Å². The van der Waals surface area contributed by atoms with Crippen molar-refractivity contribution in [2.75, 3.05) is 13.1 Å². The average Bonchev–Trinajstić information content (AvgIpc) is 3.17. The van der Waals surface area contributed by atoms with Crippen molar-refractivity contribution in [2.24, 2.45) is 0 Å². The Morgan fingerprint density at radius 3 is 2.43 bits per heavy atom. The molecule has 1 unspecified atom stereocenters. The lowest BCUT2D eigenvalue weighted by Gasteiger charge is -2.31. The molecule has 2 aromatic rings. The molecule has 35 heavy (non-hydrogen) atoms. The lowest BCUT2D eigenvalue weighted by atomic mass is 10.0. The first-order valence-electron chi connectivity index (χ1n) is 11.9. The fraction of sp³-hybridized carbons (Fsp3) is 0.423. The van der Waals surface area contributed by atoms with Crippen LogP contribution < -0.4 is 10.1 Å². The van der Waals surface area contributed by atoms with E-state index in [9.17, 15) is 23.2 Å². The highest BCUT2D eigenvalue weighted by atomic mass is 19.3. The first-order valence-corrected chi connectivity index (χ1v) is 11.9. The van der Waals surface area contributed by atoms with Crippen LogP contribution in [0.25, 0.3) is 0 Å². The molecule has 0 spiro atoms. The molecule has 7 nitrogen and oxygen atoms in total. The quantitative estimate of drug-likeness (QED) is 0.639. The number of imide groups is 1. The van der Waals surface area contributed by atoms with Crippen molar-refractivity contribution < 1.29 is 27.9 Å². The number of carbonyl (C=O) groups is 3. The third-order valence-electron chi connectivity index (χ3n) is 6.95. The van der Waals surface area contributed by atoms with Crippen LogP contribution in [-0.4, -0.2) is 52.6 Å². The number of halogens is 2. The standard InChI is InChI=1S/C26H27F2N3O4/c27-26(28)10-12-30(13-11-26)14-17-4-6-18(7-5-17)16-35-22-3-1-2-19-20(22)15-31(25(19)34)21-8-9-23(32)29-24(21)33/h1-7,21H,8-16H2,(H,29,32,33). The van der Waals surface area contributed by atoms with Crippen LogP contribution in [0.1, 0.15) is 52.7 Å². The van der Waals surface area contributed by atoms with Gasteiger partial charge in [-0.2, -0.15) is 0 Å². The second-order valence-electron chi connectivity index (χ2n) is 9.42. The predicted octanol–water partition coefficient (Wildman–Crippen LogP) is 3.26. The number of hydrogen-bond acceptors (Lipinski definition) is 5. The van der Waals surface area contributed by atoms with Gasteiger partial charge in [-0.15, -0.1) is 0 Å². The number of piperidine rings is 2. The van der Waals surface area contributed by atoms with Gasteiger partial charge in [0.25, 0.3) is 11.8 Å². The maximum atomic E-state index is 13.4. The SMILES string of the molecule is O=C1CCC(N2Cc3c(OCc4ccc(CN5CCC(F)(F)CC5)cc4)cccc3C2=O)C(=O)N1. The molecule has 5 rings (SSSR count). The number of alkyl halides is 2. The molecule has 0 bridgehead atoms. The molecule has 3 amide bonds. The van der Waals surface area contributed by atoms with Gasteiger partial charge in [0.2, 0.25) is 11.8 Å². The maximum Gasteiger partial charge on any atom is 0.255 e. The molecule has 0 aliphatic carbocycles. The van der Waals surface area contributed by atoms with Gasteiger partial charge in [0.05, 0.1) is 6.54 Å². The molecule has 0 aromatic heterocycles. The van der Waals surface area contributed by atoms with Crippen molar-refractivity contribution >= 4 is 17.7 Å². The summed E-state index contributed by atoms with van der Waals surface area (Å²) in [5, 5.41) is 2.31. The summed E-state index contributed by atoms with van der Waals surface area (Å²) in [6, 6.07) is 12.5. The Kier molecular flexibility index (Phi) is 6.27. The molecule has 1 atom stereocenters. The molecule has 0 radical (unpaired) electrons. The smallest absolute Gasteiger partial charge is 0.255 e. The summed E-state index contributed by atoms with van der Waals surface area (Å²) in [6.45, 7) is 1.99. The van der Waals surface area contributed by atoms with E-state index in [1.165, 1.54) is 4.90 Å². The molecule has 3 aliphatic rings. The largest absolute Gasteiger partial charge is 0.489 e. The van der Waals surface area contributed by atoms with E-state index in [1.54, 1.807) is 18.2 Å². The monoisotopic (exact) mass is 483 g/mol. The van der Waals surface area contributed by atoms with Crippen molar-refractivity contribution in [3.05, 3.63) is 64.7 Å². The number of rotatable bonds is 6. The van der Waals surface area contributed by atoms with Crippen molar-refractivity contribution in [3.63, 3.8) is 0 Å². The first-order chi connectivity index (χ1) is 16.8. The molecule has 184 valence electrons. The van der Waals surface area contributed by atoms with Crippen molar-refractivity contribution in [1.82, 2.24) is 15.1 Å². The van der Waals surface area contributed by atoms with Gasteiger partial charge in [-0.05, 0) is 29.7 Å². The number of ether oxygens (including phenoxy) is 1. The second-order valence-corrected chi connectivity index (χ2v) is 9.42. The predicted molar refractivity (Wildman–Crippen MR) is 123 cm³/mol. The average molecular weight is 484 g/mol. The van der Waals surface area contributed by atoms with E-state index >= 15 is 0 Å². The van der Waals surface area contributed by atoms with Gasteiger partial charge in [0, 0.05) is 50.0 Å². The van der Waals surface area contributed by atoms with Crippen LogP contribution in [0.2, 0.25) is 0 Å². The van der Waals surface area contributed by atoms with Crippen LogP contribution in [0.5, 0.6) is 5.75 Å². The summed E-state index contributed by atoms with van der Waals surface area (Å²) < 4.78 is 32.8. The van der Waals surface area contributed by atoms with Gasteiger partial charge in [0.1, 0.15) is 18.4 Å². The van der Waals surface area contributed by atoms with E-state index in [0.717, 1.165) is 16.7 Å². The van der Waals surface area contributed by atoms with E-state index in [4.69, 9.17) is 4.74 Å². The molecule has 9 heteroatoms. The summed E-state index contributed by atoms with van der Waals surface area (Å²) in [6.07, 6.45) is 0.334. The van der Waals surface area contributed by atoms with Crippen molar-refractivity contribution in [2.45, 2.75) is 57.3 Å². The molecular weight excluding hydrogens is 456 g/mol. The zero-order valence-electron chi connectivity index (χ0n) is 19.3. The van der Waals surface area contributed by atoms with E-state index in [-0.39, 0.29) is 37.6 Å². The van der Waals surface area contributed by atoms with Gasteiger partial charge in [-0.1, -0.05) is 30.3 Å². The topological polar surface area (TPSA) is 79.0 Å². The number of fused-ring (bicyclic) bond motifs is 1. The summed E-state index contributed by atoms with van der Waals surface area (Å²) in [5.74, 6) is -2.95. The molecule has 3 heterocycles. The molecule has 1 N–H and O–H groups in total. The van der Waals surface area contributed by atoms with E-state index < -0.39 is 17.9 Å². The molecule has 2 aromatic carbocycles. The first kappa shape index (κ1) is 23.4. The Morgan fingerprint density at radius 1 is 1.00 bits per heavy atom. The van der Waals surface area contributed by atoms with Crippen LogP contribution in [-0.2, 0) is 29.3 Å². The van der Waals surface area contributed by atoms with Gasteiger partial charge in [-0.25, -0.2) is 8.78 Å². The Labute approximate surface area is 202 Å². The van der Waals surface area contributed by atoms with E-state index in [2.05, 4.69) is 5.32 Å². The lowest BCUT2D eigenvalue weighted by molar-refractivity contribution is -0.136. The number of likely N-dealkylation sites (tertiary alicyclic amines) is 1. The molecule has 2 fully saturated rings. The Morgan fingerprint density at radius 2 is 1.71 bits per heavy atom. The molecular formula is C26H27F2N3O4. The minimum Gasteiger partial charge on any atom is -0.489 e. The van der Waals surface area contributed by atoms with E-state index in [1.807, 2.05) is 29.2 Å². The van der Waals surface area contributed by atoms with Crippen LogP contribution in [0.4, 0.5) is 8.78 Å². The van der Waals surface area contributed by atoms with Crippen molar-refractivity contribution in [3.8, 4) is 5.75 Å². The summed E-state index contributed by atoms with van der Waals surface area (Å²) in [7, 11) is 0. The van der Waals surface area contributed by atoms with Crippen LogP contribution in [0.3, 0.4) is 0 Å². The number of carbonyl (C=O) groups excluding carboxylic acids is 3. The van der Waals surface area contributed by atoms with Gasteiger partial charge in [0.15, 0.2) is 0 Å². The number of hydrogen-bond donors (Lipinski definition) is 1.